The predicted molar refractivity (Wildman–Crippen MR) is 117 cm³/mol. The van der Waals surface area contributed by atoms with E-state index in [1.165, 1.54) is 12.3 Å². The number of halogens is 3. The molecule has 1 fully saturated rings. The van der Waals surface area contributed by atoms with Gasteiger partial charge < -0.3 is 14.5 Å². The van der Waals surface area contributed by atoms with Crippen LogP contribution in [0.15, 0.2) is 24.5 Å². The Bertz CT molecular complexity index is 1030. The van der Waals surface area contributed by atoms with Crippen LogP contribution in [0.25, 0.3) is 0 Å². The van der Waals surface area contributed by atoms with Crippen molar-refractivity contribution in [2.45, 2.75) is 57.5 Å². The molecule has 0 unspecified atom stereocenters. The Balaban J connectivity index is 1.63. The summed E-state index contributed by atoms with van der Waals surface area (Å²) >= 11 is 6.17. The molecule has 0 radical (unpaired) electrons. The number of anilines is 2. The van der Waals surface area contributed by atoms with Crippen LogP contribution in [0.5, 0.6) is 0 Å². The first-order valence-corrected chi connectivity index (χ1v) is 10.9. The number of aromatic nitrogens is 3. The van der Waals surface area contributed by atoms with Crippen LogP contribution in [0.2, 0.25) is 5.15 Å². The zero-order chi connectivity index (χ0) is 23.3. The normalized spacial score (nSPS) is 18.1. The van der Waals surface area contributed by atoms with Gasteiger partial charge in [0, 0.05) is 49.9 Å². The van der Waals surface area contributed by atoms with E-state index in [2.05, 4.69) is 15.0 Å². The topological polar surface area (TPSA) is 71.5 Å². The van der Waals surface area contributed by atoms with E-state index in [0.29, 0.717) is 37.6 Å². The lowest BCUT2D eigenvalue weighted by molar-refractivity contribution is 0.0126. The largest absolute Gasteiger partial charge is 0.444 e. The first-order valence-electron chi connectivity index (χ1n) is 10.5. The molecule has 0 bridgehead atoms. The standard InChI is InChI=1S/C22H26ClF2N5O2/c1-20(2,3)32-19(31)29-9-6-22(7-10-29)13-30(15-11-17(23)27-12-14(15)22)18-26-8-5-16(28-18)21(4,24)25/h5,8,11-12H,6-7,9-10,13H2,1-4H3. The van der Waals surface area contributed by atoms with Gasteiger partial charge in [-0.25, -0.2) is 19.7 Å². The molecule has 2 aliphatic heterocycles. The number of fused-ring (bicyclic) bond motifs is 2. The molecule has 172 valence electrons. The molecule has 1 saturated heterocycles. The molecule has 4 heterocycles. The lowest BCUT2D eigenvalue weighted by Crippen LogP contribution is -2.48. The van der Waals surface area contributed by atoms with Gasteiger partial charge in [-0.05, 0) is 45.7 Å². The summed E-state index contributed by atoms with van der Waals surface area (Å²) in [6.45, 7) is 7.84. The number of carbonyl (C=O) groups excluding carboxylic acids is 1. The second-order valence-corrected chi connectivity index (χ2v) is 9.88. The van der Waals surface area contributed by atoms with Crippen molar-refractivity contribution in [3.63, 3.8) is 0 Å². The Labute approximate surface area is 190 Å². The van der Waals surface area contributed by atoms with Gasteiger partial charge in [-0.3, -0.25) is 0 Å². The number of likely N-dealkylation sites (tertiary alicyclic amines) is 1. The molecular weight excluding hydrogens is 440 g/mol. The molecule has 1 spiro atoms. The molecule has 0 saturated carbocycles. The molecule has 7 nitrogen and oxygen atoms in total. The van der Waals surface area contributed by atoms with Gasteiger partial charge in [0.25, 0.3) is 5.92 Å². The fraction of sp³-hybridized carbons (Fsp3) is 0.545. The highest BCUT2D eigenvalue weighted by Crippen LogP contribution is 2.49. The highest BCUT2D eigenvalue weighted by Gasteiger charge is 2.47. The van der Waals surface area contributed by atoms with Gasteiger partial charge in [0.2, 0.25) is 5.95 Å². The summed E-state index contributed by atoms with van der Waals surface area (Å²) in [4.78, 5) is 28.7. The molecule has 2 aliphatic rings. The van der Waals surface area contributed by atoms with Gasteiger partial charge in [0.05, 0.1) is 5.69 Å². The number of carbonyl (C=O) groups is 1. The summed E-state index contributed by atoms with van der Waals surface area (Å²) in [5.41, 5.74) is 0.493. The number of nitrogens with zero attached hydrogens (tertiary/aromatic N) is 5. The van der Waals surface area contributed by atoms with Gasteiger partial charge >= 0.3 is 6.09 Å². The molecule has 2 aromatic heterocycles. The van der Waals surface area contributed by atoms with Crippen molar-refractivity contribution in [2.75, 3.05) is 24.5 Å². The smallest absolute Gasteiger partial charge is 0.410 e. The fourth-order valence-electron chi connectivity index (χ4n) is 4.30. The lowest BCUT2D eigenvalue weighted by atomic mass is 9.75. The maximum atomic E-state index is 13.9. The van der Waals surface area contributed by atoms with Crippen LogP contribution in [0.1, 0.15) is 51.8 Å². The van der Waals surface area contributed by atoms with Crippen molar-refractivity contribution in [3.8, 4) is 0 Å². The zero-order valence-corrected chi connectivity index (χ0v) is 19.3. The Morgan fingerprint density at radius 3 is 2.50 bits per heavy atom. The van der Waals surface area contributed by atoms with Crippen LogP contribution < -0.4 is 4.90 Å². The van der Waals surface area contributed by atoms with Gasteiger partial charge in [0.1, 0.15) is 16.4 Å². The number of pyridine rings is 1. The number of hydrogen-bond acceptors (Lipinski definition) is 6. The van der Waals surface area contributed by atoms with Crippen molar-refractivity contribution >= 4 is 29.3 Å². The van der Waals surface area contributed by atoms with E-state index in [1.54, 1.807) is 17.2 Å². The van der Waals surface area contributed by atoms with Crippen LogP contribution in [0.4, 0.5) is 25.2 Å². The summed E-state index contributed by atoms with van der Waals surface area (Å²) in [6.07, 6.45) is 4.08. The van der Waals surface area contributed by atoms with Crippen molar-refractivity contribution in [2.24, 2.45) is 0 Å². The van der Waals surface area contributed by atoms with Gasteiger partial charge in [0.15, 0.2) is 0 Å². The average molecular weight is 466 g/mol. The van der Waals surface area contributed by atoms with Crippen molar-refractivity contribution < 1.29 is 18.3 Å². The Morgan fingerprint density at radius 2 is 1.88 bits per heavy atom. The van der Waals surface area contributed by atoms with Crippen LogP contribution in [0, 0.1) is 0 Å². The van der Waals surface area contributed by atoms with E-state index in [-0.39, 0.29) is 23.2 Å². The summed E-state index contributed by atoms with van der Waals surface area (Å²) in [5.74, 6) is -2.88. The molecule has 32 heavy (non-hydrogen) atoms. The number of alkyl halides is 2. The summed E-state index contributed by atoms with van der Waals surface area (Å²) in [6, 6.07) is 2.93. The monoisotopic (exact) mass is 465 g/mol. The lowest BCUT2D eigenvalue weighted by Gasteiger charge is -2.40. The third-order valence-electron chi connectivity index (χ3n) is 5.88. The molecule has 4 rings (SSSR count). The van der Waals surface area contributed by atoms with Gasteiger partial charge in [-0.15, -0.1) is 0 Å². The van der Waals surface area contributed by atoms with Crippen molar-refractivity contribution in [1.29, 1.82) is 0 Å². The molecule has 0 aliphatic carbocycles. The molecule has 10 heteroatoms. The third-order valence-corrected chi connectivity index (χ3v) is 6.08. The third kappa shape index (κ3) is 4.35. The number of ether oxygens (including phenoxy) is 1. The van der Waals surface area contributed by atoms with E-state index in [4.69, 9.17) is 16.3 Å². The maximum Gasteiger partial charge on any atom is 0.410 e. The Kier molecular flexibility index (Phi) is 5.51. The maximum absolute atomic E-state index is 13.9. The quantitative estimate of drug-likeness (QED) is 0.577. The van der Waals surface area contributed by atoms with Crippen molar-refractivity contribution in [3.05, 3.63) is 40.9 Å². The van der Waals surface area contributed by atoms with Gasteiger partial charge in [-0.2, -0.15) is 8.78 Å². The van der Waals surface area contributed by atoms with E-state index >= 15 is 0 Å². The van der Waals surface area contributed by atoms with Crippen molar-refractivity contribution in [1.82, 2.24) is 19.9 Å². The van der Waals surface area contributed by atoms with E-state index < -0.39 is 11.5 Å². The minimum atomic E-state index is -3.08. The SMILES string of the molecule is CC(C)(C)OC(=O)N1CCC2(CC1)CN(c1nccc(C(C)(F)F)n1)c1cc(Cl)ncc12. The summed E-state index contributed by atoms with van der Waals surface area (Å²) in [5, 5.41) is 0.300. The molecule has 0 aromatic carbocycles. The van der Waals surface area contributed by atoms with Crippen LogP contribution in [-0.2, 0) is 16.1 Å². The van der Waals surface area contributed by atoms with Crippen LogP contribution in [0.3, 0.4) is 0 Å². The minimum absolute atomic E-state index is 0.194. The number of hydrogen-bond donors (Lipinski definition) is 0. The summed E-state index contributed by atoms with van der Waals surface area (Å²) in [7, 11) is 0. The van der Waals surface area contributed by atoms with E-state index in [9.17, 15) is 13.6 Å². The van der Waals surface area contributed by atoms with E-state index in [0.717, 1.165) is 18.2 Å². The zero-order valence-electron chi connectivity index (χ0n) is 18.5. The predicted octanol–water partition coefficient (Wildman–Crippen LogP) is 5.06. The molecular formula is C22H26ClF2N5O2. The minimum Gasteiger partial charge on any atom is -0.444 e. The second-order valence-electron chi connectivity index (χ2n) is 9.49. The molecule has 0 atom stereocenters. The molecule has 1 amide bonds. The number of amides is 1. The molecule has 2 aromatic rings. The highest BCUT2D eigenvalue weighted by molar-refractivity contribution is 6.29. The Hall–Kier alpha value is -2.55. The number of piperidine rings is 1. The van der Waals surface area contributed by atoms with Crippen LogP contribution >= 0.6 is 11.6 Å². The Morgan fingerprint density at radius 1 is 1.19 bits per heavy atom. The first-order chi connectivity index (χ1) is 14.9. The van der Waals surface area contributed by atoms with Gasteiger partial charge in [-0.1, -0.05) is 11.6 Å². The fourth-order valence-corrected chi connectivity index (χ4v) is 4.45. The average Bonchev–Trinajstić information content (AvgIpc) is 3.00. The second kappa shape index (κ2) is 7.79. The number of rotatable bonds is 2. The van der Waals surface area contributed by atoms with E-state index in [1.807, 2.05) is 25.7 Å². The first kappa shape index (κ1) is 22.6. The van der Waals surface area contributed by atoms with Crippen LogP contribution in [-0.4, -0.2) is 51.2 Å². The summed E-state index contributed by atoms with van der Waals surface area (Å²) < 4.78 is 33.3. The highest BCUT2D eigenvalue weighted by atomic mass is 35.5. The molecule has 0 N–H and O–H groups in total.